The Labute approximate surface area is 139 Å². The third kappa shape index (κ3) is 2.86. The summed E-state index contributed by atoms with van der Waals surface area (Å²) in [6, 6.07) is 13.6. The summed E-state index contributed by atoms with van der Waals surface area (Å²) in [5.41, 5.74) is 1.75. The van der Waals surface area contributed by atoms with Gasteiger partial charge in [0.05, 0.1) is 6.04 Å². The lowest BCUT2D eigenvalue weighted by atomic mass is 10.1. The SMILES string of the molecule is O=C(c1ccc(-n2cccc2)cc1)N1CC(Nc2ncccn2)C1. The van der Waals surface area contributed by atoms with Gasteiger partial charge in [-0.2, -0.15) is 0 Å². The van der Waals surface area contributed by atoms with E-state index >= 15 is 0 Å². The minimum absolute atomic E-state index is 0.0566. The molecule has 0 saturated carbocycles. The molecule has 1 amide bonds. The Morgan fingerprint density at radius 1 is 1.00 bits per heavy atom. The normalized spacial score (nSPS) is 14.2. The molecule has 0 bridgehead atoms. The largest absolute Gasteiger partial charge is 0.348 e. The highest BCUT2D eigenvalue weighted by Gasteiger charge is 2.31. The molecule has 6 nitrogen and oxygen atoms in total. The first-order valence-electron chi connectivity index (χ1n) is 7.86. The number of nitrogens with one attached hydrogen (secondary N) is 1. The zero-order chi connectivity index (χ0) is 16.4. The number of nitrogens with zero attached hydrogens (tertiary/aromatic N) is 4. The molecule has 6 heteroatoms. The van der Waals surface area contributed by atoms with Crippen LogP contribution in [0.15, 0.2) is 67.3 Å². The maximum Gasteiger partial charge on any atom is 0.253 e. The zero-order valence-corrected chi connectivity index (χ0v) is 13.0. The van der Waals surface area contributed by atoms with Crippen LogP contribution in [0.5, 0.6) is 0 Å². The van der Waals surface area contributed by atoms with Crippen molar-refractivity contribution >= 4 is 11.9 Å². The minimum Gasteiger partial charge on any atom is -0.348 e. The Hall–Kier alpha value is -3.15. The highest BCUT2D eigenvalue weighted by molar-refractivity contribution is 5.95. The second-order valence-electron chi connectivity index (χ2n) is 5.76. The van der Waals surface area contributed by atoms with Gasteiger partial charge in [-0.25, -0.2) is 9.97 Å². The fraction of sp³-hybridized carbons (Fsp3) is 0.167. The van der Waals surface area contributed by atoms with Gasteiger partial charge in [0.2, 0.25) is 5.95 Å². The lowest BCUT2D eigenvalue weighted by molar-refractivity contribution is 0.0624. The van der Waals surface area contributed by atoms with Gasteiger partial charge in [-0.3, -0.25) is 4.79 Å². The summed E-state index contributed by atoms with van der Waals surface area (Å²) >= 11 is 0. The van der Waals surface area contributed by atoms with Crippen LogP contribution in [0.4, 0.5) is 5.95 Å². The van der Waals surface area contributed by atoms with Gasteiger partial charge in [0.15, 0.2) is 0 Å². The number of aromatic nitrogens is 3. The molecule has 1 aromatic carbocycles. The molecule has 0 aliphatic carbocycles. The average Bonchev–Trinajstić information content (AvgIpc) is 3.13. The van der Waals surface area contributed by atoms with E-state index in [1.54, 1.807) is 18.5 Å². The summed E-state index contributed by atoms with van der Waals surface area (Å²) in [5, 5.41) is 3.22. The molecule has 4 rings (SSSR count). The van der Waals surface area contributed by atoms with Crippen LogP contribution in [-0.4, -0.2) is 44.5 Å². The van der Waals surface area contributed by atoms with E-state index in [9.17, 15) is 4.79 Å². The molecule has 1 aliphatic rings. The number of anilines is 1. The van der Waals surface area contributed by atoms with Crippen molar-refractivity contribution in [1.29, 1.82) is 0 Å². The van der Waals surface area contributed by atoms with Crippen molar-refractivity contribution in [3.05, 3.63) is 72.8 Å². The summed E-state index contributed by atoms with van der Waals surface area (Å²) in [7, 11) is 0. The summed E-state index contributed by atoms with van der Waals surface area (Å²) in [5.74, 6) is 0.659. The molecule has 1 fully saturated rings. The van der Waals surface area contributed by atoms with Crippen molar-refractivity contribution < 1.29 is 4.79 Å². The van der Waals surface area contributed by atoms with Gasteiger partial charge >= 0.3 is 0 Å². The second kappa shape index (κ2) is 6.16. The quantitative estimate of drug-likeness (QED) is 0.801. The Bertz CT molecular complexity index is 808. The van der Waals surface area contributed by atoms with Gasteiger partial charge in [0.1, 0.15) is 0 Å². The van der Waals surface area contributed by atoms with Crippen LogP contribution in [0.3, 0.4) is 0 Å². The summed E-state index contributed by atoms with van der Waals surface area (Å²) in [6.45, 7) is 1.33. The smallest absolute Gasteiger partial charge is 0.253 e. The van der Waals surface area contributed by atoms with E-state index < -0.39 is 0 Å². The maximum absolute atomic E-state index is 12.5. The van der Waals surface area contributed by atoms with Crippen LogP contribution >= 0.6 is 0 Å². The number of hydrogen-bond donors (Lipinski definition) is 1. The summed E-state index contributed by atoms with van der Waals surface area (Å²) < 4.78 is 2.01. The van der Waals surface area contributed by atoms with Crippen molar-refractivity contribution in [2.24, 2.45) is 0 Å². The van der Waals surface area contributed by atoms with Crippen LogP contribution in [0, 0.1) is 0 Å². The Morgan fingerprint density at radius 3 is 2.33 bits per heavy atom. The molecule has 0 unspecified atom stereocenters. The van der Waals surface area contributed by atoms with Crippen molar-refractivity contribution in [2.75, 3.05) is 18.4 Å². The molecule has 0 atom stereocenters. The number of rotatable bonds is 4. The molecule has 0 spiro atoms. The van der Waals surface area contributed by atoms with E-state index in [1.807, 2.05) is 58.3 Å². The van der Waals surface area contributed by atoms with Crippen molar-refractivity contribution in [1.82, 2.24) is 19.4 Å². The maximum atomic E-state index is 12.5. The van der Waals surface area contributed by atoms with Gasteiger partial charge < -0.3 is 14.8 Å². The number of hydrogen-bond acceptors (Lipinski definition) is 4. The molecule has 3 heterocycles. The number of benzene rings is 1. The third-order valence-electron chi connectivity index (χ3n) is 4.08. The van der Waals surface area contributed by atoms with E-state index in [0.29, 0.717) is 24.6 Å². The second-order valence-corrected chi connectivity index (χ2v) is 5.76. The molecule has 1 N–H and O–H groups in total. The fourth-order valence-electron chi connectivity index (χ4n) is 2.76. The first kappa shape index (κ1) is 14.4. The van der Waals surface area contributed by atoms with Crippen molar-refractivity contribution in [3.63, 3.8) is 0 Å². The molecule has 1 aliphatic heterocycles. The number of amides is 1. The standard InChI is InChI=1S/C18H17N5O/c24-17(14-4-6-16(7-5-14)22-10-1-2-11-22)23-12-15(13-23)21-18-19-8-3-9-20-18/h1-11,15H,12-13H2,(H,19,20,21). The Balaban J connectivity index is 1.35. The van der Waals surface area contributed by atoms with Crippen LogP contribution in [0.1, 0.15) is 10.4 Å². The Morgan fingerprint density at radius 2 is 1.67 bits per heavy atom. The minimum atomic E-state index is 0.0566. The summed E-state index contributed by atoms with van der Waals surface area (Å²) in [6.07, 6.45) is 7.36. The van der Waals surface area contributed by atoms with Gasteiger partial charge in [0, 0.05) is 49.1 Å². The molecule has 120 valence electrons. The van der Waals surface area contributed by atoms with Gasteiger partial charge in [-0.05, 0) is 42.5 Å². The first-order chi connectivity index (χ1) is 11.8. The van der Waals surface area contributed by atoms with Crippen LogP contribution < -0.4 is 5.32 Å². The summed E-state index contributed by atoms with van der Waals surface area (Å²) in [4.78, 5) is 22.6. The van der Waals surface area contributed by atoms with Crippen LogP contribution in [0.2, 0.25) is 0 Å². The molecule has 0 radical (unpaired) electrons. The molecule has 2 aromatic heterocycles. The van der Waals surface area contributed by atoms with Crippen LogP contribution in [-0.2, 0) is 0 Å². The molecule has 1 saturated heterocycles. The lowest BCUT2D eigenvalue weighted by Gasteiger charge is -2.39. The van der Waals surface area contributed by atoms with E-state index in [1.165, 1.54) is 0 Å². The molecular weight excluding hydrogens is 302 g/mol. The number of carbonyl (C=O) groups excluding carboxylic acids is 1. The predicted molar refractivity (Wildman–Crippen MR) is 91.1 cm³/mol. The number of likely N-dealkylation sites (tertiary alicyclic amines) is 1. The van der Waals surface area contributed by atoms with Gasteiger partial charge in [0.25, 0.3) is 5.91 Å². The van der Waals surface area contributed by atoms with Crippen LogP contribution in [0.25, 0.3) is 5.69 Å². The first-order valence-corrected chi connectivity index (χ1v) is 7.86. The van der Waals surface area contributed by atoms with Crippen molar-refractivity contribution in [2.45, 2.75) is 6.04 Å². The van der Waals surface area contributed by atoms with E-state index in [0.717, 1.165) is 5.69 Å². The zero-order valence-electron chi connectivity index (χ0n) is 13.0. The molecule has 24 heavy (non-hydrogen) atoms. The topological polar surface area (TPSA) is 63.1 Å². The van der Waals surface area contributed by atoms with E-state index in [2.05, 4.69) is 15.3 Å². The fourth-order valence-corrected chi connectivity index (χ4v) is 2.76. The monoisotopic (exact) mass is 319 g/mol. The van der Waals surface area contributed by atoms with E-state index in [-0.39, 0.29) is 11.9 Å². The molecule has 3 aromatic rings. The highest BCUT2D eigenvalue weighted by atomic mass is 16.2. The Kier molecular flexibility index (Phi) is 3.70. The molecular formula is C18H17N5O. The highest BCUT2D eigenvalue weighted by Crippen LogP contribution is 2.17. The third-order valence-corrected chi connectivity index (χ3v) is 4.08. The number of carbonyl (C=O) groups is 1. The predicted octanol–water partition coefficient (Wildman–Crippen LogP) is 2.20. The van der Waals surface area contributed by atoms with Gasteiger partial charge in [-0.15, -0.1) is 0 Å². The lowest BCUT2D eigenvalue weighted by Crippen LogP contribution is -2.57. The van der Waals surface area contributed by atoms with Crippen molar-refractivity contribution in [3.8, 4) is 5.69 Å². The van der Waals surface area contributed by atoms with Gasteiger partial charge in [-0.1, -0.05) is 0 Å². The average molecular weight is 319 g/mol. The van der Waals surface area contributed by atoms with E-state index in [4.69, 9.17) is 0 Å².